The number of aromatic hydroxyl groups is 2. The van der Waals surface area contributed by atoms with Gasteiger partial charge in [0.05, 0.1) is 19.3 Å². The molecule has 4 heterocycles. The molecule has 0 aliphatic carbocycles. The molecule has 0 saturated carbocycles. The number of rotatable bonds is 9. The standard InChI is InChI=1S/C33H40O20/c1-10-19(37)23(41)27(45)32(48-10)49-13-6-14(36)18-15(7-13)50-29(11-2-4-12(35)5-3-11)30(22(18)40)53-33-28(46)25(43)21(39)17(52-33)9-47-31-26(44)24(42)20(38)16(8-34)51-31/h2-7,10,16-17,19-21,23-28,31-39,41-46H,8-9H2,1H3/t10?,16?,17?,19-,20+,21+,23-,24-,25?,26?,27?,28?,31+,32-,33-/m0/s1. The van der Waals surface area contributed by atoms with Gasteiger partial charge in [-0.25, -0.2) is 0 Å². The van der Waals surface area contributed by atoms with Gasteiger partial charge in [0.25, 0.3) is 0 Å². The van der Waals surface area contributed by atoms with Crippen molar-refractivity contribution in [3.8, 4) is 34.3 Å². The molecule has 3 aromatic rings. The molecule has 12 N–H and O–H groups in total. The van der Waals surface area contributed by atoms with Crippen LogP contribution in [0.15, 0.2) is 45.6 Å². The molecular weight excluding hydrogens is 716 g/mol. The Morgan fingerprint density at radius 2 is 1.23 bits per heavy atom. The van der Waals surface area contributed by atoms with Crippen LogP contribution in [0.1, 0.15) is 6.92 Å². The molecule has 2 aromatic carbocycles. The van der Waals surface area contributed by atoms with Crippen LogP contribution < -0.4 is 14.9 Å². The minimum Gasteiger partial charge on any atom is -0.508 e. The van der Waals surface area contributed by atoms with E-state index in [1.165, 1.54) is 31.2 Å². The number of hydrogen-bond donors (Lipinski definition) is 12. The number of benzene rings is 2. The maximum absolute atomic E-state index is 14.0. The zero-order valence-corrected chi connectivity index (χ0v) is 27.7. The van der Waals surface area contributed by atoms with Gasteiger partial charge in [-0.1, -0.05) is 0 Å². The fraction of sp³-hybridized carbons (Fsp3) is 0.545. The Morgan fingerprint density at radius 3 is 1.87 bits per heavy atom. The van der Waals surface area contributed by atoms with Crippen molar-refractivity contribution in [2.45, 2.75) is 99.0 Å². The van der Waals surface area contributed by atoms with E-state index in [0.29, 0.717) is 0 Å². The molecule has 20 heteroatoms. The van der Waals surface area contributed by atoms with E-state index in [0.717, 1.165) is 12.1 Å². The second-order valence-electron chi connectivity index (χ2n) is 12.9. The first-order valence-electron chi connectivity index (χ1n) is 16.4. The molecule has 6 rings (SSSR count). The third-order valence-electron chi connectivity index (χ3n) is 9.27. The predicted molar refractivity (Wildman–Crippen MR) is 171 cm³/mol. The quantitative estimate of drug-likeness (QED) is 0.0992. The fourth-order valence-corrected chi connectivity index (χ4v) is 6.14. The lowest BCUT2D eigenvalue weighted by Gasteiger charge is -2.42. The van der Waals surface area contributed by atoms with E-state index in [4.69, 9.17) is 32.8 Å². The Kier molecular flexibility index (Phi) is 11.5. The number of aliphatic hydroxyl groups is 10. The first-order valence-corrected chi connectivity index (χ1v) is 16.4. The molecule has 3 aliphatic rings. The fourth-order valence-electron chi connectivity index (χ4n) is 6.14. The van der Waals surface area contributed by atoms with Gasteiger partial charge in [0.2, 0.25) is 23.8 Å². The van der Waals surface area contributed by atoms with Crippen molar-refractivity contribution in [1.82, 2.24) is 0 Å². The molecule has 3 saturated heterocycles. The Balaban J connectivity index is 1.31. The largest absolute Gasteiger partial charge is 0.508 e. The molecule has 7 unspecified atom stereocenters. The second kappa shape index (κ2) is 15.6. The lowest BCUT2D eigenvalue weighted by atomic mass is 9.98. The van der Waals surface area contributed by atoms with E-state index in [-0.39, 0.29) is 28.4 Å². The van der Waals surface area contributed by atoms with Gasteiger partial charge >= 0.3 is 0 Å². The normalized spacial score (nSPS) is 37.8. The smallest absolute Gasteiger partial charge is 0.239 e. The van der Waals surface area contributed by atoms with E-state index in [1.807, 2.05) is 0 Å². The summed E-state index contributed by atoms with van der Waals surface area (Å²) in [7, 11) is 0. The number of phenols is 2. The first-order chi connectivity index (χ1) is 25.1. The summed E-state index contributed by atoms with van der Waals surface area (Å²) in [6.45, 7) is -0.00876. The molecule has 3 aliphatic heterocycles. The van der Waals surface area contributed by atoms with Crippen LogP contribution in [0, 0.1) is 0 Å². The van der Waals surface area contributed by atoms with Crippen LogP contribution in [-0.4, -0.2) is 167 Å². The van der Waals surface area contributed by atoms with Crippen LogP contribution in [0.2, 0.25) is 0 Å². The molecule has 0 spiro atoms. The average Bonchev–Trinajstić information content (AvgIpc) is 3.13. The van der Waals surface area contributed by atoms with E-state index >= 15 is 0 Å². The minimum absolute atomic E-state index is 0.118. The molecule has 0 radical (unpaired) electrons. The Labute approximate surface area is 298 Å². The molecule has 15 atom stereocenters. The molecule has 3 fully saturated rings. The topological polar surface area (TPSA) is 328 Å². The van der Waals surface area contributed by atoms with Crippen molar-refractivity contribution in [3.05, 3.63) is 46.6 Å². The molecule has 53 heavy (non-hydrogen) atoms. The maximum atomic E-state index is 14.0. The van der Waals surface area contributed by atoms with E-state index in [9.17, 15) is 66.1 Å². The molecule has 0 amide bonds. The molecular formula is C33H40O20. The van der Waals surface area contributed by atoms with Gasteiger partial charge in [0.15, 0.2) is 12.1 Å². The van der Waals surface area contributed by atoms with Gasteiger partial charge in [-0.05, 0) is 31.2 Å². The number of phenolic OH excluding ortho intramolecular Hbond substituents is 2. The highest BCUT2D eigenvalue weighted by Gasteiger charge is 2.48. The third-order valence-corrected chi connectivity index (χ3v) is 9.27. The first kappa shape index (κ1) is 39.0. The summed E-state index contributed by atoms with van der Waals surface area (Å²) in [5, 5.41) is 123. The van der Waals surface area contributed by atoms with Crippen molar-refractivity contribution in [3.63, 3.8) is 0 Å². The summed E-state index contributed by atoms with van der Waals surface area (Å²) in [5.74, 6) is -2.10. The number of hydrogen-bond acceptors (Lipinski definition) is 20. The van der Waals surface area contributed by atoms with Crippen molar-refractivity contribution < 1.29 is 94.1 Å². The lowest BCUT2D eigenvalue weighted by Crippen LogP contribution is -2.62. The van der Waals surface area contributed by atoms with E-state index < -0.39 is 128 Å². The van der Waals surface area contributed by atoms with Crippen molar-refractivity contribution >= 4 is 11.0 Å². The van der Waals surface area contributed by atoms with Crippen molar-refractivity contribution in [2.24, 2.45) is 0 Å². The van der Waals surface area contributed by atoms with Crippen LogP contribution in [0.5, 0.6) is 23.0 Å². The third kappa shape index (κ3) is 7.52. The average molecular weight is 757 g/mol. The molecule has 292 valence electrons. The zero-order chi connectivity index (χ0) is 38.5. The maximum Gasteiger partial charge on any atom is 0.239 e. The summed E-state index contributed by atoms with van der Waals surface area (Å²) in [5.41, 5.74) is -1.22. The number of fused-ring (bicyclic) bond motifs is 1. The van der Waals surface area contributed by atoms with Crippen molar-refractivity contribution in [1.29, 1.82) is 0 Å². The van der Waals surface area contributed by atoms with Crippen LogP contribution >= 0.6 is 0 Å². The van der Waals surface area contributed by atoms with Crippen molar-refractivity contribution in [2.75, 3.05) is 13.2 Å². The molecule has 0 bridgehead atoms. The highest BCUT2D eigenvalue weighted by molar-refractivity contribution is 5.88. The Hall–Kier alpha value is -3.71. The Bertz CT molecular complexity index is 1780. The highest BCUT2D eigenvalue weighted by Crippen LogP contribution is 2.38. The number of ether oxygens (including phenoxy) is 6. The van der Waals surface area contributed by atoms with Gasteiger partial charge in [-0.2, -0.15) is 0 Å². The second-order valence-corrected chi connectivity index (χ2v) is 12.9. The number of aliphatic hydroxyl groups excluding tert-OH is 10. The summed E-state index contributed by atoms with van der Waals surface area (Å²) >= 11 is 0. The summed E-state index contributed by atoms with van der Waals surface area (Å²) < 4.78 is 39.3. The Morgan fingerprint density at radius 1 is 0.660 bits per heavy atom. The van der Waals surface area contributed by atoms with Crippen LogP contribution in [0.4, 0.5) is 0 Å². The summed E-state index contributed by atoms with van der Waals surface area (Å²) in [6.07, 6.45) is -24.8. The van der Waals surface area contributed by atoms with Crippen LogP contribution in [-0.2, 0) is 18.9 Å². The van der Waals surface area contributed by atoms with Gasteiger partial charge in [-0.15, -0.1) is 0 Å². The lowest BCUT2D eigenvalue weighted by molar-refractivity contribution is -0.323. The monoisotopic (exact) mass is 756 g/mol. The van der Waals surface area contributed by atoms with Crippen LogP contribution in [0.3, 0.4) is 0 Å². The minimum atomic E-state index is -2.01. The van der Waals surface area contributed by atoms with Crippen LogP contribution in [0.25, 0.3) is 22.3 Å². The summed E-state index contributed by atoms with van der Waals surface area (Å²) in [6, 6.07) is 7.30. The van der Waals surface area contributed by atoms with Gasteiger partial charge in [0.1, 0.15) is 95.4 Å². The van der Waals surface area contributed by atoms with E-state index in [1.54, 1.807) is 0 Å². The predicted octanol–water partition coefficient (Wildman–Crippen LogP) is -3.92. The SMILES string of the molecule is CC1O[C@@H](Oc2cc(O)c3c(=O)c(O[C@@H]4OC(CO[C@@H]5OC(CO)[C@@H](O)[C@H](O)C5O)[C@@H](O)C(O)C4O)c(-c4ccc(O)cc4)oc3c2)C(O)[C@@H](O)[C@H]1O. The van der Waals surface area contributed by atoms with Gasteiger partial charge in [0, 0.05) is 17.7 Å². The van der Waals surface area contributed by atoms with E-state index in [2.05, 4.69) is 0 Å². The highest BCUT2D eigenvalue weighted by atomic mass is 16.7. The zero-order valence-electron chi connectivity index (χ0n) is 27.7. The summed E-state index contributed by atoms with van der Waals surface area (Å²) in [4.78, 5) is 14.0. The van der Waals surface area contributed by atoms with Gasteiger partial charge in [-0.3, -0.25) is 4.79 Å². The molecule has 20 nitrogen and oxygen atoms in total. The van der Waals surface area contributed by atoms with Gasteiger partial charge < -0.3 is 94.1 Å². The molecule has 1 aromatic heterocycles.